The van der Waals surface area contributed by atoms with E-state index in [1.807, 2.05) is 0 Å². The van der Waals surface area contributed by atoms with Gasteiger partial charge in [-0.15, -0.1) is 0 Å². The average Bonchev–Trinajstić information content (AvgIpc) is 2.66. The molecule has 0 saturated carbocycles. The third-order valence-corrected chi connectivity index (χ3v) is 3.79. The zero-order chi connectivity index (χ0) is 14.1. The van der Waals surface area contributed by atoms with E-state index in [4.69, 9.17) is 9.47 Å². The number of rotatable bonds is 4. The Morgan fingerprint density at radius 2 is 1.58 bits per heavy atom. The maximum atomic E-state index is 5.47. The van der Waals surface area contributed by atoms with Gasteiger partial charge in [-0.25, -0.2) is 0 Å². The third-order valence-electron chi connectivity index (χ3n) is 3.79. The summed E-state index contributed by atoms with van der Waals surface area (Å²) < 4.78 is 10.9. The molecule has 0 amide bonds. The van der Waals surface area contributed by atoms with Crippen molar-refractivity contribution in [3.8, 4) is 0 Å². The first-order valence-corrected chi connectivity index (χ1v) is 6.76. The molecule has 2 rings (SSSR count). The van der Waals surface area contributed by atoms with E-state index in [0.29, 0.717) is 13.2 Å². The van der Waals surface area contributed by atoms with Crippen molar-refractivity contribution in [3.63, 3.8) is 0 Å². The molecule has 0 fully saturated rings. The topological polar surface area (TPSA) is 18.5 Å². The lowest BCUT2D eigenvalue weighted by atomic mass is 9.83. The summed E-state index contributed by atoms with van der Waals surface area (Å²) in [5.74, 6) is 0. The van der Waals surface area contributed by atoms with Crippen LogP contribution in [-0.2, 0) is 14.9 Å². The number of fused-ring (bicyclic) bond motifs is 1. The van der Waals surface area contributed by atoms with Gasteiger partial charge in [0.25, 0.3) is 0 Å². The fourth-order valence-corrected chi connectivity index (χ4v) is 3.00. The molecule has 2 nitrogen and oxygen atoms in total. The average molecular weight is 260 g/mol. The minimum absolute atomic E-state index is 0.124. The number of hydrogen-bond donors (Lipinski definition) is 0. The first kappa shape index (κ1) is 14.3. The van der Waals surface area contributed by atoms with Gasteiger partial charge in [0.2, 0.25) is 0 Å². The zero-order valence-corrected chi connectivity index (χ0v) is 12.6. The molecule has 0 N–H and O–H groups in total. The van der Waals surface area contributed by atoms with Gasteiger partial charge >= 0.3 is 0 Å². The molecule has 0 heterocycles. The van der Waals surface area contributed by atoms with Gasteiger partial charge in [-0.1, -0.05) is 51.1 Å². The van der Waals surface area contributed by atoms with Crippen molar-refractivity contribution < 1.29 is 9.47 Å². The second-order valence-electron chi connectivity index (χ2n) is 6.38. The SMILES string of the molecule is COCC1(COC)C=C(C(C)(C)C)c2ccccc21. The Balaban J connectivity index is 2.59. The van der Waals surface area contributed by atoms with Crippen molar-refractivity contribution in [3.05, 3.63) is 41.5 Å². The lowest BCUT2D eigenvalue weighted by Gasteiger charge is -2.27. The molecule has 0 unspecified atom stereocenters. The summed E-state index contributed by atoms with van der Waals surface area (Å²) in [5, 5.41) is 0. The summed E-state index contributed by atoms with van der Waals surface area (Å²) >= 11 is 0. The Bertz CT molecular complexity index is 474. The smallest absolute Gasteiger partial charge is 0.0616 e. The van der Waals surface area contributed by atoms with Crippen LogP contribution in [0.2, 0.25) is 0 Å². The van der Waals surface area contributed by atoms with Gasteiger partial charge < -0.3 is 9.47 Å². The molecule has 2 heteroatoms. The number of methoxy groups -OCH3 is 2. The van der Waals surface area contributed by atoms with E-state index in [1.54, 1.807) is 14.2 Å². The van der Waals surface area contributed by atoms with Gasteiger partial charge in [0.05, 0.1) is 18.6 Å². The molecule has 1 aromatic rings. The standard InChI is InChI=1S/C17H24O2/c1-16(2,3)15-10-17(11-18-4,12-19-5)14-9-7-6-8-13(14)15/h6-10H,11-12H2,1-5H3. The summed E-state index contributed by atoms with van der Waals surface area (Å²) in [7, 11) is 3.51. The second kappa shape index (κ2) is 5.10. The lowest BCUT2D eigenvalue weighted by molar-refractivity contribution is 0.0843. The van der Waals surface area contributed by atoms with Crippen molar-refractivity contribution in [2.75, 3.05) is 27.4 Å². The van der Waals surface area contributed by atoms with E-state index in [0.717, 1.165) is 0 Å². The highest BCUT2D eigenvalue weighted by atomic mass is 16.5. The van der Waals surface area contributed by atoms with Crippen LogP contribution in [0, 0.1) is 5.41 Å². The van der Waals surface area contributed by atoms with Crippen LogP contribution in [0.4, 0.5) is 0 Å². The third kappa shape index (κ3) is 2.47. The van der Waals surface area contributed by atoms with Crippen LogP contribution < -0.4 is 0 Å². The molecule has 0 aromatic heterocycles. The van der Waals surface area contributed by atoms with E-state index >= 15 is 0 Å². The Hall–Kier alpha value is -1.12. The molecule has 0 saturated heterocycles. The van der Waals surface area contributed by atoms with Gasteiger partial charge in [0.15, 0.2) is 0 Å². The highest BCUT2D eigenvalue weighted by Crippen LogP contribution is 2.47. The first-order chi connectivity index (χ1) is 8.94. The Labute approximate surface area is 116 Å². The van der Waals surface area contributed by atoms with Crippen LogP contribution in [-0.4, -0.2) is 27.4 Å². The minimum atomic E-state index is -0.150. The molecule has 0 spiro atoms. The van der Waals surface area contributed by atoms with E-state index in [1.165, 1.54) is 16.7 Å². The molecule has 0 radical (unpaired) electrons. The summed E-state index contributed by atoms with van der Waals surface area (Å²) in [4.78, 5) is 0. The molecule has 1 aliphatic carbocycles. The van der Waals surface area contributed by atoms with Crippen molar-refractivity contribution in [1.82, 2.24) is 0 Å². The summed E-state index contributed by atoms with van der Waals surface area (Å²) in [5.41, 5.74) is 4.02. The monoisotopic (exact) mass is 260 g/mol. The van der Waals surface area contributed by atoms with E-state index in [9.17, 15) is 0 Å². The van der Waals surface area contributed by atoms with E-state index in [-0.39, 0.29) is 10.8 Å². The number of allylic oxidation sites excluding steroid dienone is 1. The van der Waals surface area contributed by atoms with E-state index in [2.05, 4.69) is 51.1 Å². The molecule has 1 aliphatic rings. The number of benzene rings is 1. The predicted octanol–water partition coefficient (Wildman–Crippen LogP) is 3.66. The maximum Gasteiger partial charge on any atom is 0.0616 e. The molecule has 0 aliphatic heterocycles. The number of hydrogen-bond acceptors (Lipinski definition) is 2. The Morgan fingerprint density at radius 1 is 1.00 bits per heavy atom. The predicted molar refractivity (Wildman–Crippen MR) is 79.3 cm³/mol. The fraction of sp³-hybridized carbons (Fsp3) is 0.529. The highest BCUT2D eigenvalue weighted by Gasteiger charge is 2.40. The largest absolute Gasteiger partial charge is 0.383 e. The van der Waals surface area contributed by atoms with Crippen molar-refractivity contribution in [2.45, 2.75) is 26.2 Å². The summed E-state index contributed by atoms with van der Waals surface area (Å²) in [6.45, 7) is 8.07. The van der Waals surface area contributed by atoms with Crippen molar-refractivity contribution >= 4 is 5.57 Å². The Kier molecular flexibility index (Phi) is 3.84. The van der Waals surface area contributed by atoms with Crippen LogP contribution >= 0.6 is 0 Å². The maximum absolute atomic E-state index is 5.47. The quantitative estimate of drug-likeness (QED) is 0.822. The molecule has 1 aromatic carbocycles. The normalized spacial score (nSPS) is 17.2. The van der Waals surface area contributed by atoms with Crippen LogP contribution in [0.3, 0.4) is 0 Å². The molecule has 0 bridgehead atoms. The molecular formula is C17H24O2. The van der Waals surface area contributed by atoms with Gasteiger partial charge in [0.1, 0.15) is 0 Å². The van der Waals surface area contributed by atoms with Gasteiger partial charge in [0, 0.05) is 14.2 Å². The molecular weight excluding hydrogens is 236 g/mol. The first-order valence-electron chi connectivity index (χ1n) is 6.76. The molecule has 0 atom stereocenters. The second-order valence-corrected chi connectivity index (χ2v) is 6.38. The molecule has 104 valence electrons. The van der Waals surface area contributed by atoms with Crippen molar-refractivity contribution in [2.24, 2.45) is 5.41 Å². The van der Waals surface area contributed by atoms with Gasteiger partial charge in [-0.3, -0.25) is 0 Å². The zero-order valence-electron chi connectivity index (χ0n) is 12.6. The van der Waals surface area contributed by atoms with Crippen LogP contribution in [0.5, 0.6) is 0 Å². The summed E-state index contributed by atoms with van der Waals surface area (Å²) in [6.07, 6.45) is 2.35. The fourth-order valence-electron chi connectivity index (χ4n) is 3.00. The van der Waals surface area contributed by atoms with Crippen molar-refractivity contribution in [1.29, 1.82) is 0 Å². The van der Waals surface area contributed by atoms with Crippen LogP contribution in [0.1, 0.15) is 31.9 Å². The van der Waals surface area contributed by atoms with Gasteiger partial charge in [-0.2, -0.15) is 0 Å². The minimum Gasteiger partial charge on any atom is -0.383 e. The Morgan fingerprint density at radius 3 is 2.11 bits per heavy atom. The lowest BCUT2D eigenvalue weighted by Crippen LogP contribution is -2.33. The van der Waals surface area contributed by atoms with E-state index < -0.39 is 0 Å². The highest BCUT2D eigenvalue weighted by molar-refractivity contribution is 5.79. The van der Waals surface area contributed by atoms with Crippen LogP contribution in [0.15, 0.2) is 30.3 Å². The van der Waals surface area contributed by atoms with Gasteiger partial charge in [-0.05, 0) is 22.1 Å². The number of ether oxygens (including phenoxy) is 2. The summed E-state index contributed by atoms with van der Waals surface area (Å²) in [6, 6.07) is 8.61. The van der Waals surface area contributed by atoms with Crippen LogP contribution in [0.25, 0.3) is 5.57 Å². The molecule has 19 heavy (non-hydrogen) atoms.